The maximum atomic E-state index is 13.2. The van der Waals surface area contributed by atoms with Crippen LogP contribution in [0.15, 0.2) is 18.2 Å². The van der Waals surface area contributed by atoms with Crippen molar-refractivity contribution in [3.63, 3.8) is 0 Å². The van der Waals surface area contributed by atoms with E-state index in [1.165, 1.54) is 6.07 Å². The van der Waals surface area contributed by atoms with Crippen molar-refractivity contribution in [1.82, 2.24) is 0 Å². The van der Waals surface area contributed by atoms with Gasteiger partial charge in [-0.2, -0.15) is 8.78 Å². The van der Waals surface area contributed by atoms with Crippen LogP contribution in [0.2, 0.25) is 5.02 Å². The van der Waals surface area contributed by atoms with Gasteiger partial charge in [-0.25, -0.2) is 0 Å². The summed E-state index contributed by atoms with van der Waals surface area (Å²) in [4.78, 5) is 17.0. The summed E-state index contributed by atoms with van der Waals surface area (Å²) < 4.78 is 36.9. The Morgan fingerprint density at radius 1 is 1.40 bits per heavy atom. The highest BCUT2D eigenvalue weighted by Crippen LogP contribution is 2.60. The van der Waals surface area contributed by atoms with E-state index in [4.69, 9.17) is 21.4 Å². The Kier molecular flexibility index (Phi) is 3.22. The van der Waals surface area contributed by atoms with Crippen molar-refractivity contribution in [2.75, 3.05) is 0 Å². The molecule has 1 aromatic carbocycles. The average Bonchev–Trinajstić information content (AvgIpc) is 2.00. The quantitative estimate of drug-likeness (QED) is 0.799. The third-order valence-corrected chi connectivity index (χ3v) is 3.01. The lowest BCUT2D eigenvalue weighted by molar-refractivity contribution is 0.0565. The van der Waals surface area contributed by atoms with Crippen LogP contribution in [0.1, 0.15) is 11.1 Å². The van der Waals surface area contributed by atoms with Gasteiger partial charge in [-0.1, -0.05) is 23.7 Å². The molecule has 0 aliphatic rings. The summed E-state index contributed by atoms with van der Waals surface area (Å²) in [6.45, 7) is 3.44. The smallest absolute Gasteiger partial charge is 0.320 e. The highest BCUT2D eigenvalue weighted by molar-refractivity contribution is 7.52. The van der Waals surface area contributed by atoms with E-state index in [1.54, 1.807) is 0 Å². The molecule has 1 radical (unpaired) electrons. The molecule has 0 bridgehead atoms. The van der Waals surface area contributed by atoms with E-state index in [1.807, 2.05) is 0 Å². The van der Waals surface area contributed by atoms with Gasteiger partial charge in [-0.3, -0.25) is 4.57 Å². The summed E-state index contributed by atoms with van der Waals surface area (Å²) in [6, 6.07) is 3.16. The molecule has 0 unspecified atom stereocenters. The van der Waals surface area contributed by atoms with Gasteiger partial charge in [0.1, 0.15) is 0 Å². The van der Waals surface area contributed by atoms with E-state index in [0.717, 1.165) is 12.1 Å². The predicted octanol–water partition coefficient (Wildman–Crippen LogP) is 2.75. The summed E-state index contributed by atoms with van der Waals surface area (Å²) in [6.07, 6.45) is 0. The number of benzene rings is 1. The molecule has 0 fully saturated rings. The first-order valence-electron chi connectivity index (χ1n) is 3.71. The Labute approximate surface area is 89.8 Å². The number of hydrogen-bond acceptors (Lipinski definition) is 1. The van der Waals surface area contributed by atoms with Gasteiger partial charge in [0, 0.05) is 0 Å². The van der Waals surface area contributed by atoms with Crippen LogP contribution in [0.3, 0.4) is 0 Å². The Hall–Kier alpha value is -0.480. The maximum absolute atomic E-state index is 13.2. The molecule has 0 saturated heterocycles. The van der Waals surface area contributed by atoms with Crippen molar-refractivity contribution in [3.05, 3.63) is 41.3 Å². The van der Waals surface area contributed by atoms with Crippen LogP contribution in [0, 0.1) is 6.92 Å². The molecule has 1 aromatic rings. The average molecular weight is 256 g/mol. The molecule has 0 aromatic heterocycles. The second-order valence-electron chi connectivity index (χ2n) is 2.90. The summed E-state index contributed by atoms with van der Waals surface area (Å²) in [7, 11) is -5.57. The minimum atomic E-state index is -5.57. The van der Waals surface area contributed by atoms with E-state index < -0.39 is 23.8 Å². The fourth-order valence-electron chi connectivity index (χ4n) is 0.959. The Balaban J connectivity index is 3.34. The monoisotopic (exact) mass is 255 g/mol. The van der Waals surface area contributed by atoms with Crippen LogP contribution >= 0.6 is 19.2 Å². The summed E-state index contributed by atoms with van der Waals surface area (Å²) in [5.41, 5.74) is -4.80. The van der Waals surface area contributed by atoms with Gasteiger partial charge in [0.15, 0.2) is 0 Å². The summed E-state index contributed by atoms with van der Waals surface area (Å²) in [5, 5.41) is -0.421. The first-order chi connectivity index (χ1) is 6.66. The van der Waals surface area contributed by atoms with Crippen molar-refractivity contribution in [3.8, 4) is 0 Å². The molecular formula is C8H7ClF2O3P. The molecule has 2 N–H and O–H groups in total. The van der Waals surface area contributed by atoms with Crippen LogP contribution < -0.4 is 0 Å². The first-order valence-corrected chi connectivity index (χ1v) is 5.71. The van der Waals surface area contributed by atoms with E-state index >= 15 is 0 Å². The van der Waals surface area contributed by atoms with Crippen LogP contribution in [0.4, 0.5) is 8.78 Å². The topological polar surface area (TPSA) is 57.5 Å². The van der Waals surface area contributed by atoms with Crippen molar-refractivity contribution >= 4 is 19.2 Å². The van der Waals surface area contributed by atoms with E-state index in [0.29, 0.717) is 5.56 Å². The van der Waals surface area contributed by atoms with Gasteiger partial charge in [0.25, 0.3) is 0 Å². The van der Waals surface area contributed by atoms with Crippen molar-refractivity contribution in [2.24, 2.45) is 0 Å². The number of halogens is 3. The molecule has 0 heterocycles. The molecule has 0 spiro atoms. The van der Waals surface area contributed by atoms with E-state index in [2.05, 4.69) is 6.92 Å². The number of hydrogen-bond donors (Lipinski definition) is 2. The fraction of sp³-hybridized carbons (Fsp3) is 0.125. The van der Waals surface area contributed by atoms with Gasteiger partial charge in [-0.15, -0.1) is 0 Å². The Morgan fingerprint density at radius 3 is 2.33 bits per heavy atom. The molecule has 3 nitrogen and oxygen atoms in total. The largest absolute Gasteiger partial charge is 0.399 e. The minimum absolute atomic E-state index is 0.380. The molecule has 0 atom stereocenters. The maximum Gasteiger partial charge on any atom is 0.399 e. The SMILES string of the molecule is [CH2]c1ccc(C(F)(F)P(=O)(O)O)c(Cl)c1. The molecule has 0 amide bonds. The number of rotatable bonds is 2. The van der Waals surface area contributed by atoms with Crippen LogP contribution in [0.25, 0.3) is 0 Å². The lowest BCUT2D eigenvalue weighted by atomic mass is 10.1. The lowest BCUT2D eigenvalue weighted by Crippen LogP contribution is -2.14. The molecule has 83 valence electrons. The van der Waals surface area contributed by atoms with Crippen LogP contribution in [0.5, 0.6) is 0 Å². The molecule has 7 heteroatoms. The third-order valence-electron chi connectivity index (χ3n) is 1.72. The zero-order valence-corrected chi connectivity index (χ0v) is 8.97. The number of alkyl halides is 2. The van der Waals surface area contributed by atoms with Crippen molar-refractivity contribution in [1.29, 1.82) is 0 Å². The van der Waals surface area contributed by atoms with E-state index in [-0.39, 0.29) is 0 Å². The van der Waals surface area contributed by atoms with Gasteiger partial charge in [0.05, 0.1) is 10.6 Å². The minimum Gasteiger partial charge on any atom is -0.320 e. The normalized spacial score (nSPS) is 12.9. The molecule has 1 rings (SSSR count). The van der Waals surface area contributed by atoms with Gasteiger partial charge in [0.2, 0.25) is 0 Å². The predicted molar refractivity (Wildman–Crippen MR) is 51.8 cm³/mol. The molecule has 15 heavy (non-hydrogen) atoms. The molecule has 0 saturated carbocycles. The van der Waals surface area contributed by atoms with Crippen molar-refractivity contribution in [2.45, 2.75) is 5.66 Å². The second-order valence-corrected chi connectivity index (χ2v) is 4.96. The molecule has 0 aliphatic heterocycles. The van der Waals surface area contributed by atoms with Crippen molar-refractivity contribution < 1.29 is 23.1 Å². The first kappa shape index (κ1) is 12.6. The van der Waals surface area contributed by atoms with Gasteiger partial charge < -0.3 is 9.79 Å². The second kappa shape index (κ2) is 3.83. The van der Waals surface area contributed by atoms with Crippen LogP contribution in [-0.4, -0.2) is 9.79 Å². The van der Waals surface area contributed by atoms with Gasteiger partial charge >= 0.3 is 13.3 Å². The Bertz CT molecular complexity index is 430. The zero-order chi connectivity index (χ0) is 11.9. The van der Waals surface area contributed by atoms with E-state index in [9.17, 15) is 13.3 Å². The zero-order valence-electron chi connectivity index (χ0n) is 7.32. The molecule has 0 aliphatic carbocycles. The molecular weight excluding hydrogens is 249 g/mol. The standard InChI is InChI=1S/C8H7ClF2O3P/c1-5-2-3-6(7(9)4-5)8(10,11)15(12,13)14/h2-4H,1H2,(H2,12,13,14). The summed E-state index contributed by atoms with van der Waals surface area (Å²) >= 11 is 5.46. The Morgan fingerprint density at radius 2 is 1.93 bits per heavy atom. The van der Waals surface area contributed by atoms with Gasteiger partial charge in [-0.05, 0) is 18.6 Å². The van der Waals surface area contributed by atoms with Crippen LogP contribution in [-0.2, 0) is 10.2 Å². The third kappa shape index (κ3) is 2.37. The summed E-state index contributed by atoms with van der Waals surface area (Å²) in [5.74, 6) is 0. The highest BCUT2D eigenvalue weighted by atomic mass is 35.5. The highest BCUT2D eigenvalue weighted by Gasteiger charge is 2.51. The fourth-order valence-corrected chi connectivity index (χ4v) is 1.86. The lowest BCUT2D eigenvalue weighted by Gasteiger charge is -2.19.